The highest BCUT2D eigenvalue weighted by Crippen LogP contribution is 2.42. The lowest BCUT2D eigenvalue weighted by Gasteiger charge is -2.20. The highest BCUT2D eigenvalue weighted by Gasteiger charge is 2.48. The molecule has 0 amide bonds. The number of carboxylic acid groups (broad SMARTS) is 1. The molecule has 1 aliphatic heterocycles. The zero-order valence-electron chi connectivity index (χ0n) is 10.1. The van der Waals surface area contributed by atoms with E-state index in [1.54, 1.807) is 0 Å². The third-order valence-electron chi connectivity index (χ3n) is 2.77. The predicted octanol–water partition coefficient (Wildman–Crippen LogP) is 2.36. The summed E-state index contributed by atoms with van der Waals surface area (Å²) in [6.45, 7) is 0.757. The Morgan fingerprint density at radius 2 is 2.00 bits per heavy atom. The Labute approximate surface area is 121 Å². The highest BCUT2D eigenvalue weighted by atomic mass is 79.9. The number of aliphatic hydroxyl groups is 1. The maximum Gasteiger partial charge on any atom is 0.377 e. The summed E-state index contributed by atoms with van der Waals surface area (Å²) in [5.41, 5.74) is -0.270. The maximum absolute atomic E-state index is 13.3. The minimum Gasteiger partial charge on any atom is -0.490 e. The van der Waals surface area contributed by atoms with Crippen LogP contribution in [0.3, 0.4) is 0 Å². The first kappa shape index (κ1) is 15.0. The zero-order chi connectivity index (χ0) is 14.9. The largest absolute Gasteiger partial charge is 0.490 e. The maximum atomic E-state index is 13.3. The Kier molecular flexibility index (Phi) is 4.14. The lowest BCUT2D eigenvalue weighted by molar-refractivity contribution is -0.182. The van der Waals surface area contributed by atoms with Crippen LogP contribution in [0.4, 0.5) is 8.78 Å². The van der Waals surface area contributed by atoms with Crippen molar-refractivity contribution < 1.29 is 33.3 Å². The van der Waals surface area contributed by atoms with E-state index in [4.69, 9.17) is 14.6 Å². The summed E-state index contributed by atoms with van der Waals surface area (Å²) in [7, 11) is 0. The fourth-order valence-electron chi connectivity index (χ4n) is 1.73. The van der Waals surface area contributed by atoms with Crippen molar-refractivity contribution in [2.24, 2.45) is 0 Å². The molecule has 1 aromatic carbocycles. The van der Waals surface area contributed by atoms with Crippen LogP contribution in [-0.4, -0.2) is 35.3 Å². The van der Waals surface area contributed by atoms with Gasteiger partial charge in [0.15, 0.2) is 17.6 Å². The molecule has 1 atom stereocenters. The number of hydrogen-bond donors (Lipinski definition) is 2. The van der Waals surface area contributed by atoms with Gasteiger partial charge in [-0.15, -0.1) is 0 Å². The van der Waals surface area contributed by atoms with Gasteiger partial charge in [0, 0.05) is 6.42 Å². The van der Waals surface area contributed by atoms with Crippen LogP contribution >= 0.6 is 15.9 Å². The molecule has 1 aromatic rings. The number of aliphatic hydroxyl groups excluding tert-OH is 1. The molecule has 1 unspecified atom stereocenters. The standard InChI is InChI=1S/C12H11BrF2O5/c13-7-4-6(10(16)12(14,15)11(17)18)5-8-9(7)20-3-1-2-19-8/h4-5,10,16H,1-3H2,(H,17,18). The molecule has 1 heterocycles. The van der Waals surface area contributed by atoms with Crippen molar-refractivity contribution in [3.05, 3.63) is 22.2 Å². The fourth-order valence-corrected chi connectivity index (χ4v) is 2.31. The molecule has 8 heteroatoms. The van der Waals surface area contributed by atoms with E-state index in [1.807, 2.05) is 0 Å². The van der Waals surface area contributed by atoms with Crippen LogP contribution in [0.25, 0.3) is 0 Å². The Morgan fingerprint density at radius 3 is 2.65 bits per heavy atom. The molecule has 2 N–H and O–H groups in total. The van der Waals surface area contributed by atoms with Gasteiger partial charge in [-0.05, 0) is 33.6 Å². The van der Waals surface area contributed by atoms with Crippen LogP contribution in [0.1, 0.15) is 18.1 Å². The fraction of sp³-hybridized carbons (Fsp3) is 0.417. The number of aliphatic carboxylic acids is 1. The van der Waals surface area contributed by atoms with E-state index in [2.05, 4.69) is 15.9 Å². The predicted molar refractivity (Wildman–Crippen MR) is 67.3 cm³/mol. The number of alkyl halides is 2. The molecule has 5 nitrogen and oxygen atoms in total. The summed E-state index contributed by atoms with van der Waals surface area (Å²) < 4.78 is 37.7. The van der Waals surface area contributed by atoms with Gasteiger partial charge in [-0.1, -0.05) is 0 Å². The molecule has 0 aliphatic carbocycles. The van der Waals surface area contributed by atoms with Gasteiger partial charge in [0.1, 0.15) is 0 Å². The van der Waals surface area contributed by atoms with Gasteiger partial charge < -0.3 is 19.7 Å². The molecule has 110 valence electrons. The van der Waals surface area contributed by atoms with Crippen LogP contribution < -0.4 is 9.47 Å². The number of carboxylic acids is 1. The van der Waals surface area contributed by atoms with Gasteiger partial charge in [0.2, 0.25) is 0 Å². The van der Waals surface area contributed by atoms with Gasteiger partial charge in [0.25, 0.3) is 0 Å². The van der Waals surface area contributed by atoms with Crippen LogP contribution in [0.2, 0.25) is 0 Å². The number of benzene rings is 1. The minimum absolute atomic E-state index is 0.187. The average Bonchev–Trinajstić information content (AvgIpc) is 2.63. The van der Waals surface area contributed by atoms with E-state index in [-0.39, 0.29) is 11.3 Å². The lowest BCUT2D eigenvalue weighted by Crippen LogP contribution is -2.35. The third-order valence-corrected chi connectivity index (χ3v) is 3.36. The highest BCUT2D eigenvalue weighted by molar-refractivity contribution is 9.10. The smallest absolute Gasteiger partial charge is 0.377 e. The van der Waals surface area contributed by atoms with Gasteiger partial charge in [-0.2, -0.15) is 8.78 Å². The van der Waals surface area contributed by atoms with Crippen molar-refractivity contribution in [3.8, 4) is 11.5 Å². The Morgan fingerprint density at radius 1 is 1.35 bits per heavy atom. The number of rotatable bonds is 3. The normalized spacial score (nSPS) is 16.4. The van der Waals surface area contributed by atoms with Gasteiger partial charge >= 0.3 is 11.9 Å². The molecule has 0 aromatic heterocycles. The number of halogens is 3. The van der Waals surface area contributed by atoms with Crippen molar-refractivity contribution in [3.63, 3.8) is 0 Å². The first-order chi connectivity index (χ1) is 9.34. The second-order valence-corrected chi connectivity index (χ2v) is 5.07. The van der Waals surface area contributed by atoms with Gasteiger partial charge in [0.05, 0.1) is 17.7 Å². The molecular formula is C12H11BrF2O5. The Balaban J connectivity index is 2.41. The number of fused-ring (bicyclic) bond motifs is 1. The molecule has 20 heavy (non-hydrogen) atoms. The van der Waals surface area contributed by atoms with Crippen LogP contribution in [0.5, 0.6) is 11.5 Å². The minimum atomic E-state index is -4.29. The second-order valence-electron chi connectivity index (χ2n) is 4.21. The van der Waals surface area contributed by atoms with Crippen molar-refractivity contribution in [1.29, 1.82) is 0 Å². The van der Waals surface area contributed by atoms with E-state index in [1.165, 1.54) is 6.07 Å². The van der Waals surface area contributed by atoms with Crippen molar-refractivity contribution in [1.82, 2.24) is 0 Å². The molecule has 0 bridgehead atoms. The lowest BCUT2D eigenvalue weighted by atomic mass is 10.0. The van der Waals surface area contributed by atoms with Gasteiger partial charge in [-0.3, -0.25) is 0 Å². The first-order valence-electron chi connectivity index (χ1n) is 5.72. The number of ether oxygens (including phenoxy) is 2. The quantitative estimate of drug-likeness (QED) is 0.873. The summed E-state index contributed by atoms with van der Waals surface area (Å²) in [4.78, 5) is 10.5. The molecule has 0 radical (unpaired) electrons. The summed E-state index contributed by atoms with van der Waals surface area (Å²) in [5.74, 6) is -6.16. The van der Waals surface area contributed by atoms with Crippen molar-refractivity contribution in [2.75, 3.05) is 13.2 Å². The Hall–Kier alpha value is -1.41. The van der Waals surface area contributed by atoms with E-state index >= 15 is 0 Å². The molecule has 2 rings (SSSR count). The number of carbonyl (C=O) groups is 1. The average molecular weight is 353 g/mol. The molecule has 0 saturated heterocycles. The van der Waals surface area contributed by atoms with E-state index in [9.17, 15) is 18.7 Å². The molecule has 0 spiro atoms. The summed E-state index contributed by atoms with van der Waals surface area (Å²) in [5, 5.41) is 18.0. The summed E-state index contributed by atoms with van der Waals surface area (Å²) >= 11 is 3.13. The van der Waals surface area contributed by atoms with E-state index in [0.29, 0.717) is 29.9 Å². The molecule has 0 fully saturated rings. The van der Waals surface area contributed by atoms with Gasteiger partial charge in [-0.25, -0.2) is 4.79 Å². The molecule has 1 aliphatic rings. The molecular weight excluding hydrogens is 342 g/mol. The van der Waals surface area contributed by atoms with Crippen molar-refractivity contribution in [2.45, 2.75) is 18.4 Å². The zero-order valence-corrected chi connectivity index (χ0v) is 11.7. The van der Waals surface area contributed by atoms with E-state index < -0.39 is 18.0 Å². The summed E-state index contributed by atoms with van der Waals surface area (Å²) in [6, 6.07) is 2.35. The van der Waals surface area contributed by atoms with Crippen LogP contribution in [0, 0.1) is 0 Å². The summed E-state index contributed by atoms with van der Waals surface area (Å²) in [6.07, 6.45) is -1.85. The Bertz CT molecular complexity index is 535. The van der Waals surface area contributed by atoms with E-state index in [0.717, 1.165) is 6.07 Å². The third kappa shape index (κ3) is 2.71. The van der Waals surface area contributed by atoms with Crippen LogP contribution in [-0.2, 0) is 4.79 Å². The second kappa shape index (κ2) is 5.53. The SMILES string of the molecule is O=C(O)C(F)(F)C(O)c1cc(Br)c2c(c1)OCCCO2. The van der Waals surface area contributed by atoms with Crippen LogP contribution in [0.15, 0.2) is 16.6 Å². The topological polar surface area (TPSA) is 76.0 Å². The monoisotopic (exact) mass is 352 g/mol. The first-order valence-corrected chi connectivity index (χ1v) is 6.51. The van der Waals surface area contributed by atoms with Crippen molar-refractivity contribution >= 4 is 21.9 Å². The number of hydrogen-bond acceptors (Lipinski definition) is 4. The molecule has 0 saturated carbocycles.